The Morgan fingerprint density at radius 3 is 2.35 bits per heavy atom. The first kappa shape index (κ1) is 23.6. The molecule has 0 bridgehead atoms. The average molecular weight is 467 g/mol. The Hall–Kier alpha value is -3.56. The molecule has 0 saturated carbocycles. The van der Waals surface area contributed by atoms with Crippen molar-refractivity contribution >= 4 is 5.91 Å². The van der Waals surface area contributed by atoms with Crippen LogP contribution in [0.4, 0.5) is 0 Å². The number of rotatable bonds is 9. The fraction of sp³-hybridized carbons (Fsp3) is 0.360. The van der Waals surface area contributed by atoms with Crippen LogP contribution in [-0.2, 0) is 4.74 Å². The number of aromatic nitrogens is 2. The summed E-state index contributed by atoms with van der Waals surface area (Å²) in [5.41, 5.74) is 2.56. The van der Waals surface area contributed by atoms with E-state index in [0.717, 1.165) is 49.8 Å². The summed E-state index contributed by atoms with van der Waals surface area (Å²) >= 11 is 0. The van der Waals surface area contributed by atoms with Crippen molar-refractivity contribution in [2.24, 2.45) is 0 Å². The van der Waals surface area contributed by atoms with Crippen molar-refractivity contribution in [2.45, 2.75) is 0 Å². The minimum absolute atomic E-state index is 0.199. The van der Waals surface area contributed by atoms with Crippen LogP contribution < -0.4 is 19.5 Å². The maximum Gasteiger partial charge on any atom is 0.270 e. The van der Waals surface area contributed by atoms with E-state index in [1.165, 1.54) is 0 Å². The molecule has 180 valence electrons. The fourth-order valence-corrected chi connectivity index (χ4v) is 3.85. The fourth-order valence-electron chi connectivity index (χ4n) is 3.85. The van der Waals surface area contributed by atoms with Gasteiger partial charge >= 0.3 is 0 Å². The van der Waals surface area contributed by atoms with Crippen LogP contribution in [0.15, 0.2) is 48.5 Å². The Balaban J connectivity index is 1.63. The predicted molar refractivity (Wildman–Crippen MR) is 128 cm³/mol. The van der Waals surface area contributed by atoms with Gasteiger partial charge in [0, 0.05) is 37.8 Å². The first-order valence-electron chi connectivity index (χ1n) is 11.2. The molecule has 0 atom stereocenters. The van der Waals surface area contributed by atoms with Gasteiger partial charge in [0.2, 0.25) is 0 Å². The summed E-state index contributed by atoms with van der Waals surface area (Å²) < 4.78 is 23.2. The van der Waals surface area contributed by atoms with E-state index in [9.17, 15) is 4.79 Å². The lowest BCUT2D eigenvalue weighted by Crippen LogP contribution is -2.41. The number of amides is 1. The number of methoxy groups -OCH3 is 3. The van der Waals surface area contributed by atoms with E-state index in [2.05, 4.69) is 10.2 Å². The Labute approximate surface area is 199 Å². The Morgan fingerprint density at radius 2 is 1.68 bits per heavy atom. The lowest BCUT2D eigenvalue weighted by atomic mass is 10.1. The predicted octanol–water partition coefficient (Wildman–Crippen LogP) is 2.63. The van der Waals surface area contributed by atoms with Gasteiger partial charge in [-0.25, -0.2) is 4.68 Å². The number of hydrogen-bond acceptors (Lipinski definition) is 7. The summed E-state index contributed by atoms with van der Waals surface area (Å²) in [6, 6.07) is 14.7. The summed E-state index contributed by atoms with van der Waals surface area (Å²) in [5, 5.41) is 7.79. The van der Waals surface area contributed by atoms with Gasteiger partial charge in [-0.05, 0) is 42.5 Å². The van der Waals surface area contributed by atoms with Crippen LogP contribution >= 0.6 is 0 Å². The zero-order valence-corrected chi connectivity index (χ0v) is 19.7. The highest BCUT2D eigenvalue weighted by Crippen LogP contribution is 2.33. The summed E-state index contributed by atoms with van der Waals surface area (Å²) in [5.74, 6) is 1.81. The Kier molecular flexibility index (Phi) is 7.66. The quantitative estimate of drug-likeness (QED) is 0.519. The largest absolute Gasteiger partial charge is 0.497 e. The lowest BCUT2D eigenvalue weighted by molar-refractivity contribution is 0.0383. The van der Waals surface area contributed by atoms with Crippen LogP contribution in [0.5, 0.6) is 17.2 Å². The van der Waals surface area contributed by atoms with E-state index in [0.29, 0.717) is 29.4 Å². The number of hydrogen-bond donors (Lipinski definition) is 1. The summed E-state index contributed by atoms with van der Waals surface area (Å²) in [4.78, 5) is 15.5. The number of morpholine rings is 1. The minimum Gasteiger partial charge on any atom is -0.497 e. The highest BCUT2D eigenvalue weighted by atomic mass is 16.5. The molecule has 0 unspecified atom stereocenters. The van der Waals surface area contributed by atoms with Crippen LogP contribution in [0, 0.1) is 0 Å². The van der Waals surface area contributed by atoms with Crippen molar-refractivity contribution in [1.82, 2.24) is 20.0 Å². The van der Waals surface area contributed by atoms with Gasteiger partial charge in [-0.2, -0.15) is 5.10 Å². The molecule has 4 rings (SSSR count). The van der Waals surface area contributed by atoms with E-state index in [1.54, 1.807) is 38.1 Å². The van der Waals surface area contributed by atoms with Crippen LogP contribution in [0.25, 0.3) is 16.9 Å². The summed E-state index contributed by atoms with van der Waals surface area (Å²) in [7, 11) is 4.81. The molecular weight excluding hydrogens is 436 g/mol. The van der Waals surface area contributed by atoms with Crippen molar-refractivity contribution in [2.75, 3.05) is 60.7 Å². The van der Waals surface area contributed by atoms with Gasteiger partial charge in [0.25, 0.3) is 5.91 Å². The van der Waals surface area contributed by atoms with Gasteiger partial charge < -0.3 is 24.3 Å². The summed E-state index contributed by atoms with van der Waals surface area (Å²) in [6.07, 6.45) is 0. The number of ether oxygens (including phenoxy) is 4. The molecule has 1 aliphatic heterocycles. The van der Waals surface area contributed by atoms with Gasteiger partial charge in [0.1, 0.15) is 22.9 Å². The highest BCUT2D eigenvalue weighted by molar-refractivity contribution is 5.94. The number of nitrogens with one attached hydrogen (secondary N) is 1. The first-order chi connectivity index (χ1) is 16.6. The van der Waals surface area contributed by atoms with Crippen molar-refractivity contribution in [1.29, 1.82) is 0 Å². The molecule has 0 radical (unpaired) electrons. The van der Waals surface area contributed by atoms with E-state index >= 15 is 0 Å². The van der Waals surface area contributed by atoms with Crippen LogP contribution in [0.1, 0.15) is 10.5 Å². The molecule has 9 nitrogen and oxygen atoms in total. The second-order valence-corrected chi connectivity index (χ2v) is 7.80. The van der Waals surface area contributed by atoms with Crippen molar-refractivity contribution < 1.29 is 23.7 Å². The maximum absolute atomic E-state index is 13.2. The monoisotopic (exact) mass is 466 g/mol. The van der Waals surface area contributed by atoms with E-state index < -0.39 is 0 Å². The van der Waals surface area contributed by atoms with Crippen LogP contribution in [0.2, 0.25) is 0 Å². The minimum atomic E-state index is -0.199. The zero-order chi connectivity index (χ0) is 23.9. The third-order valence-electron chi connectivity index (χ3n) is 5.76. The second kappa shape index (κ2) is 11.0. The van der Waals surface area contributed by atoms with E-state index in [1.807, 2.05) is 36.4 Å². The highest BCUT2D eigenvalue weighted by Gasteiger charge is 2.20. The topological polar surface area (TPSA) is 87.1 Å². The average Bonchev–Trinajstić information content (AvgIpc) is 3.34. The number of nitrogens with zero attached hydrogens (tertiary/aromatic N) is 3. The number of carbonyl (C=O) groups is 1. The van der Waals surface area contributed by atoms with Gasteiger partial charge in [-0.15, -0.1) is 0 Å². The summed E-state index contributed by atoms with van der Waals surface area (Å²) in [6.45, 7) is 4.51. The van der Waals surface area contributed by atoms with Crippen LogP contribution in [-0.4, -0.2) is 81.3 Å². The molecule has 1 aromatic heterocycles. The second-order valence-electron chi connectivity index (χ2n) is 7.80. The Morgan fingerprint density at radius 1 is 0.971 bits per heavy atom. The first-order valence-corrected chi connectivity index (χ1v) is 11.2. The molecule has 0 aliphatic carbocycles. The van der Waals surface area contributed by atoms with Gasteiger partial charge in [0.15, 0.2) is 0 Å². The molecule has 3 aromatic rings. The molecule has 1 saturated heterocycles. The third kappa shape index (κ3) is 5.32. The van der Waals surface area contributed by atoms with Gasteiger partial charge in [0.05, 0.1) is 45.9 Å². The van der Waals surface area contributed by atoms with Crippen LogP contribution in [0.3, 0.4) is 0 Å². The molecule has 0 spiro atoms. The Bertz CT molecular complexity index is 1110. The molecule has 1 aliphatic rings. The van der Waals surface area contributed by atoms with Gasteiger partial charge in [-0.1, -0.05) is 0 Å². The van der Waals surface area contributed by atoms with Crippen molar-refractivity contribution in [3.8, 4) is 34.2 Å². The molecule has 2 heterocycles. The molecule has 1 amide bonds. The molecule has 1 N–H and O–H groups in total. The SMILES string of the molecule is COc1ccc(-n2nc(-c3ccc(OC)cc3OC)cc2C(=O)NCCN2CCOCC2)cc1. The molecule has 1 fully saturated rings. The number of benzene rings is 2. The van der Waals surface area contributed by atoms with Crippen molar-refractivity contribution in [3.05, 3.63) is 54.2 Å². The molecule has 9 heteroatoms. The standard InChI is InChI=1S/C25H30N4O5/c1-31-19-6-4-18(5-7-19)29-23(25(30)26-10-11-28-12-14-34-15-13-28)17-22(27-29)21-9-8-20(32-2)16-24(21)33-3/h4-9,16-17H,10-15H2,1-3H3,(H,26,30). The lowest BCUT2D eigenvalue weighted by Gasteiger charge is -2.26. The maximum atomic E-state index is 13.2. The zero-order valence-electron chi connectivity index (χ0n) is 19.7. The number of carbonyl (C=O) groups excluding carboxylic acids is 1. The van der Waals surface area contributed by atoms with Crippen molar-refractivity contribution in [3.63, 3.8) is 0 Å². The molecular formula is C25H30N4O5. The van der Waals surface area contributed by atoms with E-state index in [4.69, 9.17) is 24.0 Å². The smallest absolute Gasteiger partial charge is 0.270 e. The molecule has 34 heavy (non-hydrogen) atoms. The third-order valence-corrected chi connectivity index (χ3v) is 5.76. The molecule has 2 aromatic carbocycles. The van der Waals surface area contributed by atoms with Gasteiger partial charge in [-0.3, -0.25) is 9.69 Å². The van der Waals surface area contributed by atoms with E-state index in [-0.39, 0.29) is 5.91 Å². The normalized spacial score (nSPS) is 14.0.